The van der Waals surface area contributed by atoms with Crippen LogP contribution in [0.3, 0.4) is 0 Å². The van der Waals surface area contributed by atoms with Crippen molar-refractivity contribution in [3.63, 3.8) is 0 Å². The molecule has 10 heteroatoms. The highest BCUT2D eigenvalue weighted by Crippen LogP contribution is 2.27. The van der Waals surface area contributed by atoms with Crippen molar-refractivity contribution < 1.29 is 9.18 Å². The van der Waals surface area contributed by atoms with Gasteiger partial charge in [-0.3, -0.25) is 4.79 Å². The van der Waals surface area contributed by atoms with Crippen LogP contribution in [0.1, 0.15) is 22.8 Å². The molecular weight excluding hydrogens is 435 g/mol. The van der Waals surface area contributed by atoms with E-state index in [9.17, 15) is 9.18 Å². The lowest BCUT2D eigenvalue weighted by Crippen LogP contribution is -2.15. The fourth-order valence-corrected chi connectivity index (χ4v) is 3.62. The number of nitrogens with zero attached hydrogens (tertiary/aromatic N) is 6. The minimum absolute atomic E-state index is 0.241. The Morgan fingerprint density at radius 2 is 1.88 bits per heavy atom. The Hall–Kier alpha value is -4.60. The van der Waals surface area contributed by atoms with Crippen molar-refractivity contribution in [3.05, 3.63) is 84.2 Å². The fourth-order valence-electron chi connectivity index (χ4n) is 3.62. The molecule has 170 valence electrons. The van der Waals surface area contributed by atoms with Gasteiger partial charge in [0.25, 0.3) is 5.91 Å². The van der Waals surface area contributed by atoms with E-state index in [1.165, 1.54) is 18.5 Å². The number of aryl methyl sites for hydroxylation is 2. The first-order valence-electron chi connectivity index (χ1n) is 10.7. The number of carbonyl (C=O) groups is 1. The molecule has 2 N–H and O–H groups in total. The zero-order valence-corrected chi connectivity index (χ0v) is 18.5. The molecule has 0 aliphatic heterocycles. The van der Waals surface area contributed by atoms with Crippen molar-refractivity contribution in [1.82, 2.24) is 29.5 Å². The first-order valence-corrected chi connectivity index (χ1v) is 10.7. The van der Waals surface area contributed by atoms with Crippen LogP contribution in [-0.2, 0) is 6.54 Å². The molecule has 3 heterocycles. The number of nitrogens with one attached hydrogen (secondary N) is 2. The third kappa shape index (κ3) is 3.96. The van der Waals surface area contributed by atoms with E-state index >= 15 is 0 Å². The number of rotatable bonds is 6. The van der Waals surface area contributed by atoms with Crippen LogP contribution in [0.15, 0.2) is 67.3 Å². The lowest BCUT2D eigenvalue weighted by atomic mass is 10.1. The lowest BCUT2D eigenvalue weighted by molar-refractivity contribution is 0.102. The second kappa shape index (κ2) is 8.74. The van der Waals surface area contributed by atoms with Gasteiger partial charge in [-0.25, -0.2) is 23.7 Å². The summed E-state index contributed by atoms with van der Waals surface area (Å²) in [5, 5.41) is 15.5. The van der Waals surface area contributed by atoms with Crippen LogP contribution < -0.4 is 10.6 Å². The topological polar surface area (TPSA) is 103 Å². The molecule has 0 aliphatic rings. The van der Waals surface area contributed by atoms with Gasteiger partial charge in [0.1, 0.15) is 23.8 Å². The molecule has 0 spiro atoms. The average molecular weight is 456 g/mol. The maximum atomic E-state index is 13.3. The number of benzene rings is 2. The van der Waals surface area contributed by atoms with Crippen LogP contribution in [0, 0.1) is 12.7 Å². The van der Waals surface area contributed by atoms with E-state index in [2.05, 4.69) is 30.8 Å². The van der Waals surface area contributed by atoms with E-state index in [-0.39, 0.29) is 11.7 Å². The van der Waals surface area contributed by atoms with Crippen molar-refractivity contribution in [1.29, 1.82) is 0 Å². The van der Waals surface area contributed by atoms with Gasteiger partial charge in [0, 0.05) is 23.9 Å². The highest BCUT2D eigenvalue weighted by atomic mass is 19.1. The smallest absolute Gasteiger partial charge is 0.256 e. The van der Waals surface area contributed by atoms with Gasteiger partial charge in [-0.15, -0.1) is 0 Å². The molecular formula is C24H21FN8O. The van der Waals surface area contributed by atoms with Crippen LogP contribution in [-0.4, -0.2) is 35.4 Å². The summed E-state index contributed by atoms with van der Waals surface area (Å²) in [5.41, 5.74) is 3.41. The molecule has 0 saturated heterocycles. The monoisotopic (exact) mass is 456 g/mol. The quantitative estimate of drug-likeness (QED) is 0.391. The normalized spacial score (nSPS) is 11.0. The Morgan fingerprint density at radius 1 is 1.06 bits per heavy atom. The van der Waals surface area contributed by atoms with Crippen molar-refractivity contribution in [2.24, 2.45) is 0 Å². The van der Waals surface area contributed by atoms with Crippen LogP contribution >= 0.6 is 0 Å². The third-order valence-electron chi connectivity index (χ3n) is 5.45. The second-order valence-electron chi connectivity index (χ2n) is 7.63. The molecule has 0 bridgehead atoms. The van der Waals surface area contributed by atoms with Crippen molar-refractivity contribution in [3.8, 4) is 5.69 Å². The summed E-state index contributed by atoms with van der Waals surface area (Å²) in [6.45, 7) is 4.55. The molecule has 5 aromatic rings. The van der Waals surface area contributed by atoms with Gasteiger partial charge in [0.15, 0.2) is 5.65 Å². The number of amides is 1. The molecule has 2 aromatic carbocycles. The van der Waals surface area contributed by atoms with Gasteiger partial charge in [0.05, 0.1) is 23.5 Å². The number of halogens is 1. The minimum atomic E-state index is -0.323. The zero-order chi connectivity index (χ0) is 23.7. The molecule has 5 rings (SSSR count). The van der Waals surface area contributed by atoms with Crippen LogP contribution in [0.25, 0.3) is 16.7 Å². The first-order chi connectivity index (χ1) is 16.5. The van der Waals surface area contributed by atoms with Gasteiger partial charge < -0.3 is 10.6 Å². The summed E-state index contributed by atoms with van der Waals surface area (Å²) in [7, 11) is 0. The SMILES string of the molecule is CCn1nccc1NC(=O)c1ccc(C)c(Nc2ncnc3c2cnn3-c2ccc(F)cc2)c1. The summed E-state index contributed by atoms with van der Waals surface area (Å²) in [5.74, 6) is 0.613. The van der Waals surface area contributed by atoms with E-state index in [0.29, 0.717) is 40.5 Å². The van der Waals surface area contributed by atoms with E-state index in [0.717, 1.165) is 11.3 Å². The van der Waals surface area contributed by atoms with Gasteiger partial charge in [-0.1, -0.05) is 6.07 Å². The zero-order valence-electron chi connectivity index (χ0n) is 18.5. The molecule has 0 saturated carbocycles. The van der Waals surface area contributed by atoms with Crippen LogP contribution in [0.4, 0.5) is 21.7 Å². The molecule has 34 heavy (non-hydrogen) atoms. The lowest BCUT2D eigenvalue weighted by Gasteiger charge is -2.12. The third-order valence-corrected chi connectivity index (χ3v) is 5.45. The maximum absolute atomic E-state index is 13.3. The largest absolute Gasteiger partial charge is 0.339 e. The molecule has 0 radical (unpaired) electrons. The first kappa shape index (κ1) is 21.3. The van der Waals surface area contributed by atoms with E-state index < -0.39 is 0 Å². The van der Waals surface area contributed by atoms with Gasteiger partial charge >= 0.3 is 0 Å². The van der Waals surface area contributed by atoms with Gasteiger partial charge in [-0.05, 0) is 55.8 Å². The van der Waals surface area contributed by atoms with Crippen molar-refractivity contribution >= 4 is 34.3 Å². The molecule has 1 amide bonds. The predicted octanol–water partition coefficient (Wildman–Crippen LogP) is 4.48. The van der Waals surface area contributed by atoms with E-state index in [1.807, 2.05) is 19.9 Å². The highest BCUT2D eigenvalue weighted by Gasteiger charge is 2.15. The van der Waals surface area contributed by atoms with Gasteiger partial charge in [-0.2, -0.15) is 10.2 Å². The molecule has 0 fully saturated rings. The molecule has 0 unspecified atom stereocenters. The summed E-state index contributed by atoms with van der Waals surface area (Å²) >= 11 is 0. The Labute approximate surface area is 194 Å². The Morgan fingerprint density at radius 3 is 2.68 bits per heavy atom. The maximum Gasteiger partial charge on any atom is 0.256 e. The summed E-state index contributed by atoms with van der Waals surface area (Å²) in [6.07, 6.45) is 4.73. The van der Waals surface area contributed by atoms with Crippen molar-refractivity contribution in [2.75, 3.05) is 10.6 Å². The number of anilines is 3. The molecule has 9 nitrogen and oxygen atoms in total. The average Bonchev–Trinajstić information content (AvgIpc) is 3.48. The molecule has 0 aliphatic carbocycles. The number of hydrogen-bond donors (Lipinski definition) is 2. The summed E-state index contributed by atoms with van der Waals surface area (Å²) in [6, 6.07) is 13.2. The Bertz CT molecular complexity index is 1490. The van der Waals surface area contributed by atoms with E-state index in [4.69, 9.17) is 0 Å². The van der Waals surface area contributed by atoms with Crippen LogP contribution in [0.2, 0.25) is 0 Å². The predicted molar refractivity (Wildman–Crippen MR) is 127 cm³/mol. The van der Waals surface area contributed by atoms with E-state index in [1.54, 1.807) is 52.1 Å². The molecule has 0 atom stereocenters. The summed E-state index contributed by atoms with van der Waals surface area (Å²) in [4.78, 5) is 21.6. The summed E-state index contributed by atoms with van der Waals surface area (Å²) < 4.78 is 16.7. The van der Waals surface area contributed by atoms with Gasteiger partial charge in [0.2, 0.25) is 0 Å². The Balaban J connectivity index is 1.45. The molecule has 3 aromatic heterocycles. The minimum Gasteiger partial charge on any atom is -0.339 e. The number of aromatic nitrogens is 6. The fraction of sp³-hybridized carbons (Fsp3) is 0.125. The number of carbonyl (C=O) groups excluding carboxylic acids is 1. The van der Waals surface area contributed by atoms with Crippen molar-refractivity contribution in [2.45, 2.75) is 20.4 Å². The number of hydrogen-bond acceptors (Lipinski definition) is 6. The second-order valence-corrected chi connectivity index (χ2v) is 7.63. The standard InChI is InChI=1S/C24H21FN8O/c1-3-32-21(10-11-28-32)31-24(34)16-5-4-15(2)20(12-16)30-22-19-13-29-33(23(19)27-14-26-22)18-8-6-17(25)7-9-18/h4-14H,3H2,1-2H3,(H,31,34)(H,26,27,30). The Kier molecular flexibility index (Phi) is 5.46. The number of fused-ring (bicyclic) bond motifs is 1. The van der Waals surface area contributed by atoms with Crippen LogP contribution in [0.5, 0.6) is 0 Å². The highest BCUT2D eigenvalue weighted by molar-refractivity contribution is 6.04.